The standard InChI is InChI=1S/C34H44N4O6/c1-8-34(9-2)20-28(39)38(30(37-34)36-31(41)44-32(3,4)5)25-16-17-42-26-15-14-21(18-23(25)26)29(40)35-24-19-33(6,7)43-27-13-11-10-12-22(24)27/h10-15,18,24-25H,8-9,16-17,19-20H2,1-7H3,(H,35,40)(H,36,37,41)/t24-,25?/m0/s1. The first-order valence-corrected chi connectivity index (χ1v) is 15.5. The first-order chi connectivity index (χ1) is 20.7. The topological polar surface area (TPSA) is 119 Å². The van der Waals surface area contributed by atoms with Crippen LogP contribution in [0.5, 0.6) is 11.5 Å². The van der Waals surface area contributed by atoms with Crippen molar-refractivity contribution in [3.63, 3.8) is 0 Å². The Morgan fingerprint density at radius 1 is 1.07 bits per heavy atom. The average molecular weight is 605 g/mol. The van der Waals surface area contributed by atoms with Gasteiger partial charge < -0.3 is 19.5 Å². The van der Waals surface area contributed by atoms with Gasteiger partial charge in [-0.1, -0.05) is 32.0 Å². The van der Waals surface area contributed by atoms with Crippen LogP contribution in [0, 0.1) is 0 Å². The molecule has 3 aliphatic heterocycles. The van der Waals surface area contributed by atoms with E-state index in [1.54, 1.807) is 43.9 Å². The lowest BCUT2D eigenvalue weighted by Crippen LogP contribution is -2.56. The lowest BCUT2D eigenvalue weighted by Gasteiger charge is -2.42. The lowest BCUT2D eigenvalue weighted by molar-refractivity contribution is -0.132. The molecule has 10 nitrogen and oxygen atoms in total. The Morgan fingerprint density at radius 2 is 1.80 bits per heavy atom. The van der Waals surface area contributed by atoms with E-state index < -0.39 is 28.9 Å². The zero-order valence-corrected chi connectivity index (χ0v) is 26.8. The van der Waals surface area contributed by atoms with E-state index in [0.717, 1.165) is 11.3 Å². The van der Waals surface area contributed by atoms with Crippen molar-refractivity contribution in [2.45, 2.75) is 109 Å². The van der Waals surface area contributed by atoms with Crippen LogP contribution in [0.4, 0.5) is 4.79 Å². The molecule has 0 saturated carbocycles. The van der Waals surface area contributed by atoms with Crippen LogP contribution in [0.2, 0.25) is 0 Å². The third-order valence-electron chi connectivity index (χ3n) is 8.52. The van der Waals surface area contributed by atoms with Crippen LogP contribution < -0.4 is 20.1 Å². The van der Waals surface area contributed by atoms with Crippen LogP contribution in [0.3, 0.4) is 0 Å². The molecule has 0 spiro atoms. The quantitative estimate of drug-likeness (QED) is 0.419. The minimum absolute atomic E-state index is 0.150. The van der Waals surface area contributed by atoms with E-state index in [-0.39, 0.29) is 30.2 Å². The second kappa shape index (κ2) is 11.8. The number of aliphatic imine (C=N–C) groups is 1. The second-order valence-corrected chi connectivity index (χ2v) is 13.5. The molecule has 44 heavy (non-hydrogen) atoms. The van der Waals surface area contributed by atoms with Crippen LogP contribution in [0.15, 0.2) is 47.5 Å². The van der Waals surface area contributed by atoms with E-state index in [2.05, 4.69) is 10.6 Å². The highest BCUT2D eigenvalue weighted by atomic mass is 16.6. The van der Waals surface area contributed by atoms with Crippen LogP contribution in [0.1, 0.15) is 114 Å². The number of nitrogens with zero attached hydrogens (tertiary/aromatic N) is 2. The van der Waals surface area contributed by atoms with Crippen molar-refractivity contribution in [1.82, 2.24) is 15.5 Å². The Hall–Kier alpha value is -4.08. The lowest BCUT2D eigenvalue weighted by atomic mass is 9.86. The van der Waals surface area contributed by atoms with Crippen LogP contribution >= 0.6 is 0 Å². The van der Waals surface area contributed by atoms with Gasteiger partial charge in [-0.25, -0.2) is 9.79 Å². The van der Waals surface area contributed by atoms with Gasteiger partial charge in [0, 0.05) is 29.5 Å². The number of guanidine groups is 1. The molecule has 0 radical (unpaired) electrons. The van der Waals surface area contributed by atoms with E-state index >= 15 is 0 Å². The van der Waals surface area contributed by atoms with Gasteiger partial charge in [0.25, 0.3) is 5.91 Å². The van der Waals surface area contributed by atoms with Crippen molar-refractivity contribution in [3.05, 3.63) is 59.2 Å². The molecule has 3 aliphatic rings. The van der Waals surface area contributed by atoms with Gasteiger partial charge in [-0.2, -0.15) is 0 Å². The van der Waals surface area contributed by atoms with Crippen LogP contribution in [-0.4, -0.2) is 52.1 Å². The van der Waals surface area contributed by atoms with Gasteiger partial charge in [0.05, 0.1) is 30.7 Å². The number of carbonyl (C=O) groups excluding carboxylic acids is 3. The first-order valence-electron chi connectivity index (χ1n) is 15.5. The summed E-state index contributed by atoms with van der Waals surface area (Å²) in [6, 6.07) is 12.3. The van der Waals surface area contributed by atoms with Gasteiger partial charge >= 0.3 is 6.09 Å². The SMILES string of the molecule is CCC1(CC)CC(=O)N(C2CCOc3ccc(C(=O)N[C@H]4CC(C)(C)Oc5ccccc54)cc32)C(NC(=O)OC(C)(C)C)=N1. The van der Waals surface area contributed by atoms with E-state index in [4.69, 9.17) is 19.2 Å². The minimum Gasteiger partial charge on any atom is -0.493 e. The molecule has 2 aromatic rings. The fourth-order valence-electron chi connectivity index (χ4n) is 6.22. The monoisotopic (exact) mass is 604 g/mol. The summed E-state index contributed by atoms with van der Waals surface area (Å²) in [4.78, 5) is 47.0. The number of carbonyl (C=O) groups is 3. The number of alkyl carbamates (subject to hydrolysis) is 1. The van der Waals surface area contributed by atoms with Crippen LogP contribution in [0.25, 0.3) is 0 Å². The summed E-state index contributed by atoms with van der Waals surface area (Å²) in [5.41, 5.74) is 0.265. The highest BCUT2D eigenvalue weighted by Crippen LogP contribution is 2.42. The van der Waals surface area contributed by atoms with Gasteiger partial charge in [-0.15, -0.1) is 0 Å². The van der Waals surface area contributed by atoms with Gasteiger partial charge in [0.2, 0.25) is 11.9 Å². The maximum Gasteiger partial charge on any atom is 0.414 e. The Morgan fingerprint density at radius 3 is 2.50 bits per heavy atom. The molecule has 0 aliphatic carbocycles. The van der Waals surface area contributed by atoms with Gasteiger partial charge in [0.1, 0.15) is 22.7 Å². The molecule has 236 valence electrons. The summed E-state index contributed by atoms with van der Waals surface area (Å²) in [6.07, 6.45) is 1.89. The number of nitrogens with one attached hydrogen (secondary N) is 2. The molecule has 0 aromatic heterocycles. The van der Waals surface area contributed by atoms with Gasteiger partial charge in [-0.05, 0) is 71.7 Å². The first kappa shape index (κ1) is 31.3. The van der Waals surface area contributed by atoms with E-state index in [1.165, 1.54) is 0 Å². The molecule has 2 N–H and O–H groups in total. The maximum absolute atomic E-state index is 13.9. The Balaban J connectivity index is 1.47. The molecule has 2 atom stereocenters. The van der Waals surface area contributed by atoms with Crippen molar-refractivity contribution in [2.24, 2.45) is 4.99 Å². The molecule has 0 saturated heterocycles. The summed E-state index contributed by atoms with van der Waals surface area (Å²) >= 11 is 0. The van der Waals surface area contributed by atoms with Crippen molar-refractivity contribution in [2.75, 3.05) is 6.61 Å². The fourth-order valence-corrected chi connectivity index (χ4v) is 6.22. The van der Waals surface area contributed by atoms with E-state index in [9.17, 15) is 14.4 Å². The van der Waals surface area contributed by atoms with Crippen molar-refractivity contribution < 1.29 is 28.6 Å². The Kier molecular flexibility index (Phi) is 8.39. The average Bonchev–Trinajstić information content (AvgIpc) is 2.95. The third kappa shape index (κ3) is 6.54. The minimum atomic E-state index is -0.728. The van der Waals surface area contributed by atoms with E-state index in [0.29, 0.717) is 49.2 Å². The molecule has 0 fully saturated rings. The number of amides is 3. The normalized spacial score (nSPS) is 21.9. The zero-order valence-electron chi connectivity index (χ0n) is 26.8. The van der Waals surface area contributed by atoms with Crippen molar-refractivity contribution in [3.8, 4) is 11.5 Å². The summed E-state index contributed by atoms with van der Waals surface area (Å²) < 4.78 is 17.6. The number of ether oxygens (including phenoxy) is 3. The Bertz CT molecular complexity index is 1470. The summed E-state index contributed by atoms with van der Waals surface area (Å²) in [7, 11) is 0. The molecule has 3 amide bonds. The summed E-state index contributed by atoms with van der Waals surface area (Å²) in [5.74, 6) is 1.12. The van der Waals surface area contributed by atoms with Gasteiger partial charge in [-0.3, -0.25) is 19.8 Å². The predicted molar refractivity (Wildman–Crippen MR) is 167 cm³/mol. The largest absolute Gasteiger partial charge is 0.493 e. The molecule has 2 aromatic carbocycles. The second-order valence-electron chi connectivity index (χ2n) is 13.5. The molecular weight excluding hydrogens is 560 g/mol. The Labute approximate surface area is 259 Å². The molecule has 0 bridgehead atoms. The molecular formula is C34H44N4O6. The van der Waals surface area contributed by atoms with Crippen molar-refractivity contribution in [1.29, 1.82) is 0 Å². The van der Waals surface area contributed by atoms with E-state index in [1.807, 2.05) is 52.0 Å². The number of benzene rings is 2. The molecule has 1 unspecified atom stereocenters. The van der Waals surface area contributed by atoms with Gasteiger partial charge in [0.15, 0.2) is 0 Å². The number of para-hydroxylation sites is 1. The summed E-state index contributed by atoms with van der Waals surface area (Å²) in [6.45, 7) is 13.7. The number of rotatable bonds is 5. The van der Waals surface area contributed by atoms with Crippen LogP contribution in [-0.2, 0) is 9.53 Å². The highest BCUT2D eigenvalue weighted by Gasteiger charge is 2.44. The number of hydrogen-bond acceptors (Lipinski definition) is 7. The molecule has 10 heteroatoms. The fraction of sp³-hybridized carbons (Fsp3) is 0.529. The third-order valence-corrected chi connectivity index (χ3v) is 8.52. The zero-order chi connectivity index (χ0) is 31.9. The molecule has 5 rings (SSSR count). The number of fused-ring (bicyclic) bond motifs is 2. The predicted octanol–water partition coefficient (Wildman–Crippen LogP) is 6.21. The maximum atomic E-state index is 13.9. The highest BCUT2D eigenvalue weighted by molar-refractivity contribution is 6.05. The summed E-state index contributed by atoms with van der Waals surface area (Å²) in [5, 5.41) is 5.98. The smallest absolute Gasteiger partial charge is 0.414 e. The molecule has 3 heterocycles. The van der Waals surface area contributed by atoms with Crippen molar-refractivity contribution >= 4 is 23.9 Å². The number of hydrogen-bond donors (Lipinski definition) is 2.